The average Bonchev–Trinajstić information content (AvgIpc) is 2.48. The second-order valence-electron chi connectivity index (χ2n) is 9.18. The Labute approximate surface area is 163 Å². The largest absolute Gasteiger partial charge is 0.695 e. The maximum absolute atomic E-state index is 12.4. The minimum absolute atomic E-state index is 0.0729. The summed E-state index contributed by atoms with van der Waals surface area (Å²) in [5.41, 5.74) is 1.37. The maximum atomic E-state index is 12.4. The molecule has 6 heteroatoms. The van der Waals surface area contributed by atoms with Gasteiger partial charge in [-0.15, -0.1) is 9.42 Å². The Morgan fingerprint density at radius 3 is 2.00 bits per heavy atom. The SMILES string of the molecule is COc1c(/C=C/C(=O)C(C)(C)O[P+](=O)O)cc(C(C)(C)C)cc1C(C)(C)C. The van der Waals surface area contributed by atoms with E-state index in [1.807, 2.05) is 6.07 Å². The number of methoxy groups -OCH3 is 1. The summed E-state index contributed by atoms with van der Waals surface area (Å²) in [6, 6.07) is 4.17. The smallest absolute Gasteiger partial charge is 0.496 e. The van der Waals surface area contributed by atoms with Gasteiger partial charge < -0.3 is 4.74 Å². The summed E-state index contributed by atoms with van der Waals surface area (Å²) in [7, 11) is -1.25. The van der Waals surface area contributed by atoms with Gasteiger partial charge in [0.2, 0.25) is 0 Å². The molecule has 1 unspecified atom stereocenters. The van der Waals surface area contributed by atoms with Gasteiger partial charge in [-0.1, -0.05) is 47.6 Å². The Morgan fingerprint density at radius 2 is 1.59 bits per heavy atom. The molecule has 0 saturated heterocycles. The first-order valence-corrected chi connectivity index (χ1v) is 10.0. The molecular formula is C21H32O5P+. The topological polar surface area (TPSA) is 72.8 Å². The molecular weight excluding hydrogens is 363 g/mol. The molecule has 0 spiro atoms. The van der Waals surface area contributed by atoms with Gasteiger partial charge >= 0.3 is 8.25 Å². The van der Waals surface area contributed by atoms with Crippen LogP contribution in [0.5, 0.6) is 5.75 Å². The number of carbonyl (C=O) groups excluding carboxylic acids is 1. The highest BCUT2D eigenvalue weighted by Gasteiger charge is 2.36. The molecule has 0 aromatic heterocycles. The third-order valence-electron chi connectivity index (χ3n) is 4.31. The molecule has 0 aliphatic rings. The first-order valence-electron chi connectivity index (χ1n) is 8.90. The van der Waals surface area contributed by atoms with Crippen LogP contribution >= 0.6 is 8.25 Å². The molecule has 1 N–H and O–H groups in total. The van der Waals surface area contributed by atoms with E-state index < -0.39 is 19.6 Å². The number of ketones is 1. The van der Waals surface area contributed by atoms with Crippen LogP contribution in [-0.2, 0) is 24.7 Å². The summed E-state index contributed by atoms with van der Waals surface area (Å²) in [5, 5.41) is 0. The lowest BCUT2D eigenvalue weighted by atomic mass is 9.78. The van der Waals surface area contributed by atoms with Crippen molar-refractivity contribution >= 4 is 20.1 Å². The molecule has 27 heavy (non-hydrogen) atoms. The summed E-state index contributed by atoms with van der Waals surface area (Å²) in [6.07, 6.45) is 3.05. The molecule has 0 fully saturated rings. The number of carbonyl (C=O) groups is 1. The van der Waals surface area contributed by atoms with Crippen molar-refractivity contribution in [2.75, 3.05) is 7.11 Å². The van der Waals surface area contributed by atoms with Crippen molar-refractivity contribution in [1.82, 2.24) is 0 Å². The minimum Gasteiger partial charge on any atom is -0.496 e. The molecule has 0 aliphatic carbocycles. The number of hydrogen-bond acceptors (Lipinski definition) is 4. The molecule has 0 aliphatic heterocycles. The Kier molecular flexibility index (Phi) is 7.15. The fourth-order valence-electron chi connectivity index (χ4n) is 2.60. The zero-order valence-electron chi connectivity index (χ0n) is 17.8. The summed E-state index contributed by atoms with van der Waals surface area (Å²) >= 11 is 0. The van der Waals surface area contributed by atoms with Crippen molar-refractivity contribution in [2.24, 2.45) is 0 Å². The Balaban J connectivity index is 3.49. The molecule has 0 radical (unpaired) electrons. The number of ether oxygens (including phenoxy) is 1. The first-order chi connectivity index (χ1) is 12.1. The third-order valence-corrected chi connectivity index (χ3v) is 4.92. The maximum Gasteiger partial charge on any atom is 0.695 e. The van der Waals surface area contributed by atoms with Gasteiger partial charge in [-0.2, -0.15) is 0 Å². The molecule has 1 rings (SSSR count). The number of benzene rings is 1. The molecule has 0 saturated carbocycles. The van der Waals surface area contributed by atoms with Crippen molar-refractivity contribution in [2.45, 2.75) is 71.8 Å². The van der Waals surface area contributed by atoms with Crippen molar-refractivity contribution in [3.8, 4) is 5.75 Å². The quantitative estimate of drug-likeness (QED) is 0.521. The molecule has 1 aromatic carbocycles. The lowest BCUT2D eigenvalue weighted by Gasteiger charge is -2.28. The van der Waals surface area contributed by atoms with E-state index >= 15 is 0 Å². The summed E-state index contributed by atoms with van der Waals surface area (Å²) < 4.78 is 21.4. The van der Waals surface area contributed by atoms with E-state index in [9.17, 15) is 9.36 Å². The molecule has 1 aromatic rings. The van der Waals surface area contributed by atoms with Gasteiger partial charge in [-0.3, -0.25) is 4.79 Å². The van der Waals surface area contributed by atoms with Gasteiger partial charge in [0.05, 0.1) is 7.11 Å². The van der Waals surface area contributed by atoms with Crippen LogP contribution in [0.2, 0.25) is 0 Å². The second-order valence-corrected chi connectivity index (χ2v) is 9.84. The van der Waals surface area contributed by atoms with E-state index in [0.29, 0.717) is 5.75 Å². The Morgan fingerprint density at radius 1 is 1.04 bits per heavy atom. The average molecular weight is 395 g/mol. The standard InChI is InChI=1S/C21H31O5P/c1-19(2,3)15-12-14(18(25-9)16(13-15)20(4,5)6)10-11-17(22)21(7,8)26-27(23)24/h10-13H,1-9H3/p+1/b11-10+. The van der Waals surface area contributed by atoms with Gasteiger partial charge in [0.1, 0.15) is 5.75 Å². The van der Waals surface area contributed by atoms with Gasteiger partial charge in [0.15, 0.2) is 11.4 Å². The second kappa shape index (κ2) is 8.22. The fourth-order valence-corrected chi connectivity index (χ4v) is 3.08. The first kappa shape index (κ1) is 23.5. The molecule has 1 atom stereocenters. The summed E-state index contributed by atoms with van der Waals surface area (Å²) in [6.45, 7) is 15.7. The zero-order chi connectivity index (χ0) is 21.2. The number of hydrogen-bond donors (Lipinski definition) is 1. The third kappa shape index (κ3) is 6.24. The van der Waals surface area contributed by atoms with Crippen LogP contribution in [0.4, 0.5) is 0 Å². The van der Waals surface area contributed by atoms with Gasteiger partial charge in [0.25, 0.3) is 0 Å². The summed E-state index contributed by atoms with van der Waals surface area (Å²) in [4.78, 5) is 21.4. The van der Waals surface area contributed by atoms with Crippen LogP contribution in [0.3, 0.4) is 0 Å². The predicted molar refractivity (Wildman–Crippen MR) is 109 cm³/mol. The van der Waals surface area contributed by atoms with Gasteiger partial charge in [0, 0.05) is 15.7 Å². The summed E-state index contributed by atoms with van der Waals surface area (Å²) in [5.74, 6) is 0.312. The van der Waals surface area contributed by atoms with E-state index in [0.717, 1.165) is 16.7 Å². The van der Waals surface area contributed by atoms with Gasteiger partial charge in [-0.25, -0.2) is 0 Å². The highest BCUT2D eigenvalue weighted by Crippen LogP contribution is 2.39. The lowest BCUT2D eigenvalue weighted by Crippen LogP contribution is -2.31. The molecule has 5 nitrogen and oxygen atoms in total. The number of rotatable bonds is 6. The molecule has 0 bridgehead atoms. The highest BCUT2D eigenvalue weighted by atomic mass is 31.1. The van der Waals surface area contributed by atoms with Crippen molar-refractivity contribution in [3.63, 3.8) is 0 Å². The molecule has 150 valence electrons. The minimum atomic E-state index is -2.87. The van der Waals surface area contributed by atoms with Crippen LogP contribution in [0.25, 0.3) is 6.08 Å². The highest BCUT2D eigenvalue weighted by molar-refractivity contribution is 7.32. The van der Waals surface area contributed by atoms with Gasteiger partial charge in [-0.05, 0) is 48.5 Å². The van der Waals surface area contributed by atoms with Crippen molar-refractivity contribution in [3.05, 3.63) is 34.9 Å². The Hall–Kier alpha value is -1.55. The molecule has 0 amide bonds. The van der Waals surface area contributed by atoms with Crippen LogP contribution in [0.15, 0.2) is 18.2 Å². The van der Waals surface area contributed by atoms with E-state index in [-0.39, 0.29) is 10.8 Å². The van der Waals surface area contributed by atoms with Crippen LogP contribution in [-0.4, -0.2) is 23.4 Å². The van der Waals surface area contributed by atoms with Crippen LogP contribution in [0, 0.1) is 0 Å². The van der Waals surface area contributed by atoms with Crippen molar-refractivity contribution < 1.29 is 23.5 Å². The van der Waals surface area contributed by atoms with Crippen molar-refractivity contribution in [1.29, 1.82) is 0 Å². The monoisotopic (exact) mass is 395 g/mol. The zero-order valence-corrected chi connectivity index (χ0v) is 18.7. The lowest BCUT2D eigenvalue weighted by molar-refractivity contribution is -0.126. The molecule has 0 heterocycles. The van der Waals surface area contributed by atoms with E-state index in [2.05, 4.69) is 47.6 Å². The normalized spacial score (nSPS) is 13.8. The van der Waals surface area contributed by atoms with E-state index in [1.54, 1.807) is 13.2 Å². The van der Waals surface area contributed by atoms with E-state index in [1.165, 1.54) is 19.9 Å². The van der Waals surface area contributed by atoms with Crippen LogP contribution in [0.1, 0.15) is 72.1 Å². The predicted octanol–water partition coefficient (Wildman–Crippen LogP) is 5.32. The fraction of sp³-hybridized carbons (Fsp3) is 0.571. The van der Waals surface area contributed by atoms with Crippen LogP contribution < -0.4 is 4.74 Å². The Bertz CT molecular complexity index is 749. The van der Waals surface area contributed by atoms with E-state index in [4.69, 9.17) is 14.2 Å².